The van der Waals surface area contributed by atoms with Crippen molar-refractivity contribution in [1.82, 2.24) is 4.90 Å². The molecule has 6 heteroatoms. The fourth-order valence-electron chi connectivity index (χ4n) is 4.57. The number of carbonyl (C=O) groups excluding carboxylic acids is 1. The van der Waals surface area contributed by atoms with Gasteiger partial charge in [-0.2, -0.15) is 0 Å². The Kier molecular flexibility index (Phi) is 6.70. The zero-order valence-corrected chi connectivity index (χ0v) is 16.7. The summed E-state index contributed by atoms with van der Waals surface area (Å²) in [5, 5.41) is 0. The van der Waals surface area contributed by atoms with E-state index in [9.17, 15) is 9.18 Å². The van der Waals surface area contributed by atoms with E-state index in [1.165, 1.54) is 17.7 Å². The van der Waals surface area contributed by atoms with Crippen LogP contribution in [0, 0.1) is 11.7 Å². The Balaban J connectivity index is 0.00000225. The smallest absolute Gasteiger partial charge is 0.244 e. The number of nitrogens with two attached hydrogens (primary N) is 1. The van der Waals surface area contributed by atoms with Gasteiger partial charge in [0.05, 0.1) is 6.04 Å². The Bertz CT molecular complexity index is 803. The van der Waals surface area contributed by atoms with Gasteiger partial charge in [0.15, 0.2) is 0 Å². The zero-order chi connectivity index (χ0) is 18.8. The number of rotatable bonds is 4. The third-order valence-corrected chi connectivity index (χ3v) is 5.97. The van der Waals surface area contributed by atoms with Gasteiger partial charge in [-0.1, -0.05) is 36.4 Å². The standard InChI is InChI=1S/C22H26FN3O.ClH/c23-18-8-4-9-19(12-18)26-11-5-10-21(22(26)27)25-14-17(13-24)20(15-25)16-6-2-1-3-7-16;/h1-4,6-9,12,17,20-21H,5,10-11,13-15,24H2;1H/t17-,20+,21?;/m1./s1. The predicted molar refractivity (Wildman–Crippen MR) is 112 cm³/mol. The summed E-state index contributed by atoms with van der Waals surface area (Å²) in [4.78, 5) is 17.2. The molecule has 2 fully saturated rings. The Morgan fingerprint density at radius 1 is 1.07 bits per heavy atom. The van der Waals surface area contributed by atoms with Crippen LogP contribution in [0.3, 0.4) is 0 Å². The quantitative estimate of drug-likeness (QED) is 0.851. The van der Waals surface area contributed by atoms with Crippen LogP contribution in [0.2, 0.25) is 0 Å². The minimum Gasteiger partial charge on any atom is -0.330 e. The summed E-state index contributed by atoms with van der Waals surface area (Å²) in [6.45, 7) is 2.95. The lowest BCUT2D eigenvalue weighted by Crippen LogP contribution is -2.52. The maximum Gasteiger partial charge on any atom is 0.244 e. The van der Waals surface area contributed by atoms with Gasteiger partial charge in [-0.15, -0.1) is 12.4 Å². The van der Waals surface area contributed by atoms with Gasteiger partial charge in [-0.05, 0) is 49.1 Å². The number of likely N-dealkylation sites (tertiary alicyclic amines) is 1. The van der Waals surface area contributed by atoms with Crippen LogP contribution in [0.15, 0.2) is 54.6 Å². The lowest BCUT2D eigenvalue weighted by atomic mass is 9.89. The molecule has 2 aliphatic heterocycles. The first-order chi connectivity index (χ1) is 13.2. The fourth-order valence-corrected chi connectivity index (χ4v) is 4.57. The molecule has 28 heavy (non-hydrogen) atoms. The van der Waals surface area contributed by atoms with E-state index >= 15 is 0 Å². The van der Waals surface area contributed by atoms with Crippen molar-refractivity contribution in [2.24, 2.45) is 11.7 Å². The van der Waals surface area contributed by atoms with E-state index in [0.717, 1.165) is 25.9 Å². The van der Waals surface area contributed by atoms with Gasteiger partial charge in [0.1, 0.15) is 5.82 Å². The molecule has 4 nitrogen and oxygen atoms in total. The highest BCUT2D eigenvalue weighted by atomic mass is 35.5. The first-order valence-corrected chi connectivity index (χ1v) is 9.73. The minimum absolute atomic E-state index is 0. The molecule has 150 valence electrons. The molecule has 2 heterocycles. The van der Waals surface area contributed by atoms with E-state index in [4.69, 9.17) is 5.73 Å². The van der Waals surface area contributed by atoms with Crippen LogP contribution in [-0.4, -0.2) is 43.0 Å². The van der Waals surface area contributed by atoms with Crippen LogP contribution in [0.5, 0.6) is 0 Å². The largest absolute Gasteiger partial charge is 0.330 e. The summed E-state index contributed by atoms with van der Waals surface area (Å²) < 4.78 is 13.6. The van der Waals surface area contributed by atoms with Gasteiger partial charge in [-0.3, -0.25) is 9.69 Å². The van der Waals surface area contributed by atoms with Crippen LogP contribution in [0.4, 0.5) is 10.1 Å². The van der Waals surface area contributed by atoms with Crippen molar-refractivity contribution in [1.29, 1.82) is 0 Å². The topological polar surface area (TPSA) is 49.6 Å². The first-order valence-electron chi connectivity index (χ1n) is 9.73. The van der Waals surface area contributed by atoms with Crippen molar-refractivity contribution in [2.75, 3.05) is 31.1 Å². The number of nitrogens with zero attached hydrogens (tertiary/aromatic N) is 2. The van der Waals surface area contributed by atoms with Gasteiger partial charge in [0.25, 0.3) is 0 Å². The molecule has 0 radical (unpaired) electrons. The van der Waals surface area contributed by atoms with Gasteiger partial charge >= 0.3 is 0 Å². The van der Waals surface area contributed by atoms with E-state index in [-0.39, 0.29) is 30.2 Å². The highest BCUT2D eigenvalue weighted by molar-refractivity contribution is 5.98. The Morgan fingerprint density at radius 3 is 2.57 bits per heavy atom. The maximum atomic E-state index is 13.6. The molecule has 0 aromatic heterocycles. The number of benzene rings is 2. The summed E-state index contributed by atoms with van der Waals surface area (Å²) in [6.07, 6.45) is 1.77. The minimum atomic E-state index is -0.309. The molecule has 0 aliphatic carbocycles. The summed E-state index contributed by atoms with van der Waals surface area (Å²) in [5.74, 6) is 0.477. The normalized spacial score (nSPS) is 25.6. The molecule has 2 aliphatic rings. The van der Waals surface area contributed by atoms with Crippen LogP contribution in [0.1, 0.15) is 24.3 Å². The van der Waals surface area contributed by atoms with E-state index < -0.39 is 0 Å². The Hall–Kier alpha value is -1.95. The number of carbonyl (C=O) groups is 1. The molecule has 1 unspecified atom stereocenters. The van der Waals surface area contributed by atoms with Gasteiger partial charge in [0.2, 0.25) is 5.91 Å². The molecule has 4 rings (SSSR count). The SMILES string of the molecule is Cl.NC[C@@H]1CN(C2CCCN(c3cccc(F)c3)C2=O)C[C@H]1c1ccccc1. The fraction of sp³-hybridized carbons (Fsp3) is 0.409. The van der Waals surface area contributed by atoms with Gasteiger partial charge in [0, 0.05) is 31.2 Å². The highest BCUT2D eigenvalue weighted by Gasteiger charge is 2.41. The van der Waals surface area contributed by atoms with E-state index in [1.54, 1.807) is 11.0 Å². The second-order valence-electron chi connectivity index (χ2n) is 7.59. The Morgan fingerprint density at radius 2 is 1.86 bits per heavy atom. The van der Waals surface area contributed by atoms with Crippen molar-refractivity contribution in [3.8, 4) is 0 Å². The first kappa shape index (κ1) is 20.8. The molecule has 2 saturated heterocycles. The molecule has 2 aromatic carbocycles. The summed E-state index contributed by atoms with van der Waals surface area (Å²) >= 11 is 0. The third-order valence-electron chi connectivity index (χ3n) is 5.97. The number of halogens is 2. The number of amides is 1. The van der Waals surface area contributed by atoms with Crippen LogP contribution in [0.25, 0.3) is 0 Å². The summed E-state index contributed by atoms with van der Waals surface area (Å²) in [6, 6.07) is 16.6. The molecular formula is C22H27ClFN3O. The molecule has 2 N–H and O–H groups in total. The molecule has 0 bridgehead atoms. The Labute approximate surface area is 171 Å². The lowest BCUT2D eigenvalue weighted by Gasteiger charge is -2.37. The molecule has 3 atom stereocenters. The van der Waals surface area contributed by atoms with Crippen molar-refractivity contribution in [2.45, 2.75) is 24.8 Å². The molecular weight excluding hydrogens is 377 g/mol. The second kappa shape index (κ2) is 9.03. The average molecular weight is 404 g/mol. The van der Waals surface area contributed by atoms with Crippen LogP contribution in [-0.2, 0) is 4.79 Å². The number of hydrogen-bond donors (Lipinski definition) is 1. The number of piperidine rings is 1. The van der Waals surface area contributed by atoms with Crippen molar-refractivity contribution >= 4 is 24.0 Å². The van der Waals surface area contributed by atoms with Gasteiger partial charge < -0.3 is 10.6 Å². The van der Waals surface area contributed by atoms with E-state index in [1.807, 2.05) is 12.1 Å². The molecule has 1 amide bonds. The van der Waals surface area contributed by atoms with Crippen molar-refractivity contribution < 1.29 is 9.18 Å². The molecule has 0 saturated carbocycles. The van der Waals surface area contributed by atoms with Gasteiger partial charge in [-0.25, -0.2) is 4.39 Å². The molecule has 0 spiro atoms. The predicted octanol–water partition coefficient (Wildman–Crippen LogP) is 3.42. The monoisotopic (exact) mass is 403 g/mol. The van der Waals surface area contributed by atoms with Crippen LogP contribution >= 0.6 is 12.4 Å². The average Bonchev–Trinajstić information content (AvgIpc) is 3.13. The molecule has 2 aromatic rings. The second-order valence-corrected chi connectivity index (χ2v) is 7.59. The van der Waals surface area contributed by atoms with E-state index in [0.29, 0.717) is 30.6 Å². The lowest BCUT2D eigenvalue weighted by molar-refractivity contribution is -0.125. The maximum absolute atomic E-state index is 13.6. The highest BCUT2D eigenvalue weighted by Crippen LogP contribution is 2.35. The summed E-state index contributed by atoms with van der Waals surface area (Å²) in [7, 11) is 0. The van der Waals surface area contributed by atoms with Crippen molar-refractivity contribution in [3.05, 3.63) is 66.0 Å². The van der Waals surface area contributed by atoms with E-state index in [2.05, 4.69) is 29.2 Å². The summed E-state index contributed by atoms with van der Waals surface area (Å²) in [5.41, 5.74) is 8.00. The zero-order valence-electron chi connectivity index (χ0n) is 15.8. The third kappa shape index (κ3) is 4.07. The number of anilines is 1. The number of hydrogen-bond acceptors (Lipinski definition) is 3. The van der Waals surface area contributed by atoms with Crippen molar-refractivity contribution in [3.63, 3.8) is 0 Å². The van der Waals surface area contributed by atoms with Crippen LogP contribution < -0.4 is 10.6 Å².